The van der Waals surface area contributed by atoms with Crippen LogP contribution in [0.3, 0.4) is 0 Å². The van der Waals surface area contributed by atoms with E-state index in [4.69, 9.17) is 17.3 Å². The van der Waals surface area contributed by atoms with Crippen LogP contribution in [0, 0.1) is 0 Å². The number of hydrogen-bond acceptors (Lipinski definition) is 6. The summed E-state index contributed by atoms with van der Waals surface area (Å²) in [7, 11) is 0. The Morgan fingerprint density at radius 1 is 1.65 bits per heavy atom. The zero-order chi connectivity index (χ0) is 13.0. The Labute approximate surface area is 108 Å². The summed E-state index contributed by atoms with van der Waals surface area (Å²) < 4.78 is 0. The first-order valence-corrected chi connectivity index (χ1v) is 6.18. The van der Waals surface area contributed by atoms with Gasteiger partial charge in [-0.3, -0.25) is 4.79 Å². The summed E-state index contributed by atoms with van der Waals surface area (Å²) >= 11 is 6.56. The van der Waals surface area contributed by atoms with Crippen molar-refractivity contribution in [2.24, 2.45) is 0 Å². The number of anilines is 1. The van der Waals surface area contributed by atoms with Crippen molar-refractivity contribution < 1.29 is 15.0 Å². The lowest BCUT2D eigenvalue weighted by Gasteiger charge is -2.18. The maximum absolute atomic E-state index is 10.7. The van der Waals surface area contributed by atoms with E-state index in [2.05, 4.69) is 4.98 Å². The van der Waals surface area contributed by atoms with Gasteiger partial charge in [0, 0.05) is 30.1 Å². The number of nitrogens with two attached hydrogens (primary N) is 1. The Bertz CT molecular complexity index is 417. The second-order valence-corrected chi connectivity index (χ2v) is 5.03. The topological polar surface area (TPSA) is 96.4 Å². The minimum absolute atomic E-state index is 0.0958. The highest BCUT2D eigenvalue weighted by atomic mass is 35.5. The van der Waals surface area contributed by atoms with Gasteiger partial charge in [0.15, 0.2) is 5.12 Å². The summed E-state index contributed by atoms with van der Waals surface area (Å²) in [5.74, 6) is 0.0958. The number of rotatable bonds is 4. The van der Waals surface area contributed by atoms with Crippen LogP contribution in [-0.2, 0) is 4.79 Å². The third kappa shape index (κ3) is 4.16. The van der Waals surface area contributed by atoms with Crippen LogP contribution in [0.2, 0.25) is 5.15 Å². The molecule has 17 heavy (non-hydrogen) atoms. The second kappa shape index (κ2) is 6.20. The van der Waals surface area contributed by atoms with Crippen LogP contribution in [0.25, 0.3) is 0 Å². The monoisotopic (exact) mass is 276 g/mol. The van der Waals surface area contributed by atoms with Crippen LogP contribution in [0.1, 0.15) is 18.6 Å². The first-order valence-electron chi connectivity index (χ1n) is 4.82. The third-order valence-electron chi connectivity index (χ3n) is 2.08. The fourth-order valence-corrected chi connectivity index (χ4v) is 1.96. The van der Waals surface area contributed by atoms with Gasteiger partial charge in [-0.1, -0.05) is 23.4 Å². The van der Waals surface area contributed by atoms with E-state index in [9.17, 15) is 15.0 Å². The van der Waals surface area contributed by atoms with Crippen molar-refractivity contribution >= 4 is 34.2 Å². The van der Waals surface area contributed by atoms with E-state index < -0.39 is 12.2 Å². The van der Waals surface area contributed by atoms with Gasteiger partial charge in [-0.05, 0) is 6.07 Å². The molecule has 7 heteroatoms. The first kappa shape index (κ1) is 14.2. The normalized spacial score (nSPS) is 14.4. The molecule has 0 saturated heterocycles. The van der Waals surface area contributed by atoms with Crippen LogP contribution >= 0.6 is 23.4 Å². The van der Waals surface area contributed by atoms with Gasteiger partial charge >= 0.3 is 0 Å². The zero-order valence-electron chi connectivity index (χ0n) is 9.13. The standard InChI is InChI=1S/C10H13ClN2O3S/c1-5(14)17-4-8(15)10(16)6-3-13-9(11)2-7(6)12/h2-3,8,10,15-16H,4H2,1H3,(H2,12,13). The van der Waals surface area contributed by atoms with Gasteiger partial charge in [0.2, 0.25) is 0 Å². The van der Waals surface area contributed by atoms with E-state index in [-0.39, 0.29) is 21.7 Å². The van der Waals surface area contributed by atoms with Gasteiger partial charge in [0.1, 0.15) is 11.3 Å². The number of pyridine rings is 1. The van der Waals surface area contributed by atoms with Gasteiger partial charge in [-0.2, -0.15) is 0 Å². The number of carbonyl (C=O) groups is 1. The molecule has 1 aromatic heterocycles. The molecule has 0 aliphatic heterocycles. The third-order valence-corrected chi connectivity index (χ3v) is 3.20. The summed E-state index contributed by atoms with van der Waals surface area (Å²) in [6.45, 7) is 1.39. The molecular formula is C10H13ClN2O3S. The number of halogens is 1. The molecule has 5 nitrogen and oxygen atoms in total. The van der Waals surface area contributed by atoms with E-state index >= 15 is 0 Å². The summed E-state index contributed by atoms with van der Waals surface area (Å²) in [4.78, 5) is 14.5. The lowest BCUT2D eigenvalue weighted by molar-refractivity contribution is -0.109. The maximum Gasteiger partial charge on any atom is 0.185 e. The summed E-state index contributed by atoms with van der Waals surface area (Å²) in [5.41, 5.74) is 6.20. The molecular weight excluding hydrogens is 264 g/mol. The predicted octanol–water partition coefficient (Wildman–Crippen LogP) is 0.991. The Morgan fingerprint density at radius 3 is 2.82 bits per heavy atom. The number of aromatic nitrogens is 1. The smallest absolute Gasteiger partial charge is 0.185 e. The van der Waals surface area contributed by atoms with Gasteiger partial charge in [0.05, 0.1) is 6.10 Å². The summed E-state index contributed by atoms with van der Waals surface area (Å²) in [6, 6.07) is 1.39. The number of hydrogen-bond donors (Lipinski definition) is 3. The fraction of sp³-hybridized carbons (Fsp3) is 0.400. The van der Waals surface area contributed by atoms with Gasteiger partial charge in [-0.15, -0.1) is 0 Å². The van der Waals surface area contributed by atoms with Crippen LogP contribution in [-0.4, -0.2) is 32.2 Å². The summed E-state index contributed by atoms with van der Waals surface area (Å²) in [5, 5.41) is 19.6. The highest BCUT2D eigenvalue weighted by molar-refractivity contribution is 8.13. The fourth-order valence-electron chi connectivity index (χ4n) is 1.20. The molecule has 2 atom stereocenters. The minimum atomic E-state index is -1.19. The maximum atomic E-state index is 10.7. The predicted molar refractivity (Wildman–Crippen MR) is 67.8 cm³/mol. The number of aliphatic hydroxyl groups is 2. The molecule has 94 valence electrons. The van der Waals surface area contributed by atoms with Crippen LogP contribution < -0.4 is 5.73 Å². The molecule has 0 aliphatic rings. The Kier molecular flexibility index (Phi) is 5.20. The van der Waals surface area contributed by atoms with Crippen LogP contribution in [0.5, 0.6) is 0 Å². The number of carbonyl (C=O) groups excluding carboxylic acids is 1. The number of nitrogens with zero attached hydrogens (tertiary/aromatic N) is 1. The van der Waals surface area contributed by atoms with Crippen molar-refractivity contribution in [3.8, 4) is 0 Å². The molecule has 1 heterocycles. The molecule has 0 spiro atoms. The van der Waals surface area contributed by atoms with Crippen molar-refractivity contribution in [3.63, 3.8) is 0 Å². The summed E-state index contributed by atoms with van der Waals surface area (Å²) in [6.07, 6.45) is -0.968. The highest BCUT2D eigenvalue weighted by Gasteiger charge is 2.21. The van der Waals surface area contributed by atoms with Crippen molar-refractivity contribution in [2.45, 2.75) is 19.1 Å². The minimum Gasteiger partial charge on any atom is -0.398 e. The SMILES string of the molecule is CC(=O)SCC(O)C(O)c1cnc(Cl)cc1N. The molecule has 1 rings (SSSR count). The van der Waals surface area contributed by atoms with Crippen LogP contribution in [0.4, 0.5) is 5.69 Å². The van der Waals surface area contributed by atoms with Gasteiger partial charge in [-0.25, -0.2) is 4.98 Å². The Balaban J connectivity index is 2.74. The van der Waals surface area contributed by atoms with Crippen molar-refractivity contribution in [3.05, 3.63) is 23.0 Å². The molecule has 0 saturated carbocycles. The molecule has 2 unspecified atom stereocenters. The van der Waals surface area contributed by atoms with E-state index in [1.165, 1.54) is 19.2 Å². The first-order chi connectivity index (χ1) is 7.91. The lowest BCUT2D eigenvalue weighted by Crippen LogP contribution is -2.22. The highest BCUT2D eigenvalue weighted by Crippen LogP contribution is 2.25. The quantitative estimate of drug-likeness (QED) is 0.710. The molecule has 0 fully saturated rings. The molecule has 4 N–H and O–H groups in total. The molecule has 0 bridgehead atoms. The number of nitrogen functional groups attached to an aromatic ring is 1. The lowest BCUT2D eigenvalue weighted by atomic mass is 10.1. The molecule has 0 amide bonds. The zero-order valence-corrected chi connectivity index (χ0v) is 10.7. The largest absolute Gasteiger partial charge is 0.398 e. The van der Waals surface area contributed by atoms with Crippen molar-refractivity contribution in [2.75, 3.05) is 11.5 Å². The number of aliphatic hydroxyl groups excluding tert-OH is 2. The molecule has 0 radical (unpaired) electrons. The van der Waals surface area contributed by atoms with Gasteiger partial charge in [0.25, 0.3) is 0 Å². The Morgan fingerprint density at radius 2 is 2.29 bits per heavy atom. The average molecular weight is 277 g/mol. The van der Waals surface area contributed by atoms with E-state index in [1.54, 1.807) is 0 Å². The van der Waals surface area contributed by atoms with Crippen molar-refractivity contribution in [1.29, 1.82) is 0 Å². The van der Waals surface area contributed by atoms with Crippen LogP contribution in [0.15, 0.2) is 12.3 Å². The Hall–Kier alpha value is -0.820. The van der Waals surface area contributed by atoms with Gasteiger partial charge < -0.3 is 15.9 Å². The van der Waals surface area contributed by atoms with Crippen molar-refractivity contribution in [1.82, 2.24) is 4.98 Å². The molecule has 0 aliphatic carbocycles. The molecule has 0 aromatic carbocycles. The van der Waals surface area contributed by atoms with E-state index in [0.717, 1.165) is 11.8 Å². The van der Waals surface area contributed by atoms with E-state index in [1.807, 2.05) is 0 Å². The molecule has 1 aromatic rings. The van der Waals surface area contributed by atoms with E-state index in [0.29, 0.717) is 5.56 Å². The second-order valence-electron chi connectivity index (χ2n) is 3.45. The number of thioether (sulfide) groups is 1. The average Bonchev–Trinajstić information content (AvgIpc) is 2.25.